The number of anilines is 2. The standard InChI is InChI=1S/C27H21ClN6O4S2/c28-15-4-1-3-14(9-15)23-17(11-29)25(30)34(18-5-2-6-19(35)24(18)23)26-32-33-27(40-26)39-12-22(36)31-16-7-8-20-21(10-16)38-13-37-20/h1,3-4,7-10,23H,2,5-6,12-13,30H2,(H,31,36). The SMILES string of the molecule is N#CC1=C(N)N(c2nnc(SCC(=O)Nc3ccc4c(c3)OCO4)s2)C2=C(C(=O)CCC2)C1c1cccc(Cl)c1. The fourth-order valence-corrected chi connectivity index (χ4v) is 6.85. The van der Waals surface area contributed by atoms with Gasteiger partial charge in [-0.15, -0.1) is 10.2 Å². The minimum atomic E-state index is -0.607. The lowest BCUT2D eigenvalue weighted by molar-refractivity contribution is -0.116. The number of carbonyl (C=O) groups excluding carboxylic acids is 2. The summed E-state index contributed by atoms with van der Waals surface area (Å²) in [6.45, 7) is 0.155. The van der Waals surface area contributed by atoms with Gasteiger partial charge in [-0.1, -0.05) is 46.8 Å². The molecule has 0 fully saturated rings. The van der Waals surface area contributed by atoms with Gasteiger partial charge in [0.15, 0.2) is 21.6 Å². The van der Waals surface area contributed by atoms with Crippen LogP contribution in [-0.2, 0) is 9.59 Å². The van der Waals surface area contributed by atoms with Crippen LogP contribution in [0.3, 0.4) is 0 Å². The van der Waals surface area contributed by atoms with Gasteiger partial charge in [-0.2, -0.15) is 5.26 Å². The second-order valence-electron chi connectivity index (χ2n) is 9.13. The maximum absolute atomic E-state index is 13.3. The number of nitriles is 1. The Morgan fingerprint density at radius 2 is 2.08 bits per heavy atom. The van der Waals surface area contributed by atoms with Gasteiger partial charge in [0.2, 0.25) is 17.8 Å². The van der Waals surface area contributed by atoms with E-state index in [0.717, 1.165) is 5.56 Å². The third kappa shape index (κ3) is 4.88. The van der Waals surface area contributed by atoms with Gasteiger partial charge in [0.05, 0.1) is 23.3 Å². The van der Waals surface area contributed by atoms with Crippen LogP contribution in [-0.4, -0.2) is 34.4 Å². The van der Waals surface area contributed by atoms with Gasteiger partial charge >= 0.3 is 0 Å². The second kappa shape index (κ2) is 10.8. The summed E-state index contributed by atoms with van der Waals surface area (Å²) in [6.07, 6.45) is 1.64. The average molecular weight is 593 g/mol. The lowest BCUT2D eigenvalue weighted by Gasteiger charge is -2.38. The molecule has 6 rings (SSSR count). The quantitative estimate of drug-likeness (QED) is 0.377. The Morgan fingerprint density at radius 3 is 2.90 bits per heavy atom. The molecule has 202 valence electrons. The van der Waals surface area contributed by atoms with Crippen LogP contribution in [0.1, 0.15) is 30.7 Å². The molecule has 1 aromatic heterocycles. The molecule has 3 N–H and O–H groups in total. The van der Waals surface area contributed by atoms with Crippen molar-refractivity contribution in [3.63, 3.8) is 0 Å². The van der Waals surface area contributed by atoms with Crippen molar-refractivity contribution in [2.45, 2.75) is 29.5 Å². The number of nitrogens with one attached hydrogen (secondary N) is 1. The van der Waals surface area contributed by atoms with Crippen LogP contribution in [0.5, 0.6) is 11.5 Å². The Hall–Kier alpha value is -4.05. The molecule has 2 aromatic carbocycles. The topological polar surface area (TPSA) is 143 Å². The number of rotatable bonds is 6. The zero-order valence-corrected chi connectivity index (χ0v) is 23.2. The summed E-state index contributed by atoms with van der Waals surface area (Å²) in [5.74, 6) is 0.652. The van der Waals surface area contributed by atoms with Gasteiger partial charge in [-0.3, -0.25) is 14.5 Å². The molecular formula is C27H21ClN6O4S2. The van der Waals surface area contributed by atoms with E-state index in [1.165, 1.54) is 23.1 Å². The van der Waals surface area contributed by atoms with E-state index in [9.17, 15) is 14.9 Å². The number of ether oxygens (including phenoxy) is 2. The van der Waals surface area contributed by atoms with Gasteiger partial charge in [-0.25, -0.2) is 0 Å². The second-order valence-corrected chi connectivity index (χ2v) is 11.7. The van der Waals surface area contributed by atoms with Crippen molar-refractivity contribution in [1.29, 1.82) is 5.26 Å². The first kappa shape index (κ1) is 26.2. The highest BCUT2D eigenvalue weighted by Gasteiger charge is 2.41. The maximum atomic E-state index is 13.3. The summed E-state index contributed by atoms with van der Waals surface area (Å²) >= 11 is 8.71. The van der Waals surface area contributed by atoms with Gasteiger partial charge in [0.25, 0.3) is 0 Å². The zero-order chi connectivity index (χ0) is 27.8. The molecule has 0 spiro atoms. The number of nitrogens with two attached hydrogens (primary N) is 1. The summed E-state index contributed by atoms with van der Waals surface area (Å²) < 4.78 is 11.2. The first-order valence-electron chi connectivity index (χ1n) is 12.3. The third-order valence-corrected chi connectivity index (χ3v) is 8.94. The van der Waals surface area contributed by atoms with E-state index in [0.29, 0.717) is 62.2 Å². The Kier molecular flexibility index (Phi) is 7.10. The van der Waals surface area contributed by atoms with E-state index in [1.807, 2.05) is 6.07 Å². The molecule has 40 heavy (non-hydrogen) atoms. The number of aromatic nitrogens is 2. The number of benzene rings is 2. The molecule has 0 saturated carbocycles. The van der Waals surface area contributed by atoms with E-state index < -0.39 is 5.92 Å². The number of fused-ring (bicyclic) bond motifs is 1. The molecule has 1 atom stereocenters. The highest BCUT2D eigenvalue weighted by atomic mass is 35.5. The Bertz CT molecular complexity index is 1650. The molecule has 1 aliphatic carbocycles. The summed E-state index contributed by atoms with van der Waals surface area (Å²) in [5, 5.41) is 22.5. The number of carbonyl (C=O) groups is 2. The van der Waals surface area contributed by atoms with Gasteiger partial charge < -0.3 is 20.5 Å². The molecule has 0 radical (unpaired) electrons. The Labute approximate surface area is 242 Å². The van der Waals surface area contributed by atoms with Crippen LogP contribution < -0.4 is 25.4 Å². The molecular weight excluding hydrogens is 572 g/mol. The van der Waals surface area contributed by atoms with Crippen molar-refractivity contribution in [2.75, 3.05) is 22.8 Å². The molecule has 2 aliphatic heterocycles. The number of thioether (sulfide) groups is 1. The molecule has 1 amide bonds. The predicted octanol–water partition coefficient (Wildman–Crippen LogP) is 4.96. The normalized spacial score (nSPS) is 18.1. The number of amides is 1. The zero-order valence-electron chi connectivity index (χ0n) is 20.8. The van der Waals surface area contributed by atoms with Crippen molar-refractivity contribution in [3.8, 4) is 17.6 Å². The number of hydrogen-bond donors (Lipinski definition) is 2. The summed E-state index contributed by atoms with van der Waals surface area (Å²) in [4.78, 5) is 27.5. The number of Topliss-reactive ketones (excluding diaryl/α,β-unsaturated/α-hetero) is 1. The summed E-state index contributed by atoms with van der Waals surface area (Å²) in [6, 6.07) is 14.6. The monoisotopic (exact) mass is 592 g/mol. The third-order valence-electron chi connectivity index (χ3n) is 6.67. The van der Waals surface area contributed by atoms with Crippen molar-refractivity contribution in [3.05, 3.63) is 75.7 Å². The van der Waals surface area contributed by atoms with Crippen LogP contribution in [0.15, 0.2) is 69.5 Å². The van der Waals surface area contributed by atoms with Crippen molar-refractivity contribution in [2.24, 2.45) is 5.73 Å². The average Bonchev–Trinajstić information content (AvgIpc) is 3.61. The van der Waals surface area contributed by atoms with Gasteiger partial charge in [-0.05, 0) is 42.7 Å². The highest BCUT2D eigenvalue weighted by Crippen LogP contribution is 2.47. The molecule has 3 aromatic rings. The van der Waals surface area contributed by atoms with Crippen molar-refractivity contribution in [1.82, 2.24) is 10.2 Å². The number of ketones is 1. The Morgan fingerprint density at radius 1 is 1.23 bits per heavy atom. The molecule has 3 aliphatic rings. The van der Waals surface area contributed by atoms with Crippen molar-refractivity contribution >= 4 is 57.2 Å². The first-order valence-corrected chi connectivity index (χ1v) is 14.5. The fourth-order valence-electron chi connectivity index (χ4n) is 4.97. The van der Waals surface area contributed by atoms with E-state index in [1.54, 1.807) is 41.3 Å². The first-order chi connectivity index (χ1) is 19.4. The molecule has 1 unspecified atom stereocenters. The number of nitrogens with zero attached hydrogens (tertiary/aromatic N) is 4. The lowest BCUT2D eigenvalue weighted by atomic mass is 9.76. The molecule has 13 heteroatoms. The predicted molar refractivity (Wildman–Crippen MR) is 151 cm³/mol. The highest BCUT2D eigenvalue weighted by molar-refractivity contribution is 8.01. The number of allylic oxidation sites excluding steroid dienone is 3. The minimum Gasteiger partial charge on any atom is -0.454 e. The number of halogens is 1. The van der Waals surface area contributed by atoms with Crippen LogP contribution in [0, 0.1) is 11.3 Å². The molecule has 0 bridgehead atoms. The van der Waals surface area contributed by atoms with E-state index in [4.69, 9.17) is 26.8 Å². The molecule has 10 nitrogen and oxygen atoms in total. The van der Waals surface area contributed by atoms with Crippen LogP contribution >= 0.6 is 34.7 Å². The van der Waals surface area contributed by atoms with Crippen LogP contribution in [0.4, 0.5) is 10.8 Å². The number of hydrogen-bond acceptors (Lipinski definition) is 11. The smallest absolute Gasteiger partial charge is 0.234 e. The van der Waals surface area contributed by atoms with Crippen molar-refractivity contribution < 1.29 is 19.1 Å². The Balaban J connectivity index is 1.24. The lowest BCUT2D eigenvalue weighted by Crippen LogP contribution is -2.38. The van der Waals surface area contributed by atoms with E-state index >= 15 is 0 Å². The van der Waals surface area contributed by atoms with E-state index in [-0.39, 0.29) is 35.6 Å². The minimum absolute atomic E-state index is 0.0317. The molecule has 3 heterocycles. The summed E-state index contributed by atoms with van der Waals surface area (Å²) in [5.41, 5.74) is 9.42. The molecule has 0 saturated heterocycles. The van der Waals surface area contributed by atoms with Gasteiger partial charge in [0, 0.05) is 34.5 Å². The van der Waals surface area contributed by atoms with E-state index in [2.05, 4.69) is 21.6 Å². The fraction of sp³-hybridized carbons (Fsp3) is 0.222. The van der Waals surface area contributed by atoms with Crippen LogP contribution in [0.2, 0.25) is 5.02 Å². The van der Waals surface area contributed by atoms with Crippen LogP contribution in [0.25, 0.3) is 0 Å². The van der Waals surface area contributed by atoms with Gasteiger partial charge in [0.1, 0.15) is 5.82 Å². The largest absolute Gasteiger partial charge is 0.454 e. The maximum Gasteiger partial charge on any atom is 0.234 e. The summed E-state index contributed by atoms with van der Waals surface area (Å²) in [7, 11) is 0.